The number of rotatable bonds is 11. The summed E-state index contributed by atoms with van der Waals surface area (Å²) in [6.07, 6.45) is 10.6. The van der Waals surface area contributed by atoms with Crippen LogP contribution in [0.4, 0.5) is 0 Å². The van der Waals surface area contributed by atoms with E-state index in [1.54, 1.807) is 0 Å². The number of unbranched alkanes of at least 4 members (excludes halogenated alkanes) is 8. The summed E-state index contributed by atoms with van der Waals surface area (Å²) >= 11 is 1.45. The third-order valence-corrected chi connectivity index (χ3v) is 4.97. The number of thiophene rings is 1. The van der Waals surface area contributed by atoms with Crippen molar-refractivity contribution in [2.75, 3.05) is 6.61 Å². The molecule has 1 aromatic rings. The Kier molecular flexibility index (Phi) is 11.0. The first-order chi connectivity index (χ1) is 11.2. The molecule has 4 N–H and O–H groups in total. The van der Waals surface area contributed by atoms with Crippen LogP contribution in [-0.2, 0) is 0 Å². The van der Waals surface area contributed by atoms with E-state index in [4.69, 9.17) is 10.8 Å². The average Bonchev–Trinajstić information content (AvgIpc) is 3.04. The summed E-state index contributed by atoms with van der Waals surface area (Å²) in [5.41, 5.74) is 5.63. The first-order valence-corrected chi connectivity index (χ1v) is 9.63. The van der Waals surface area contributed by atoms with Gasteiger partial charge in [0, 0.05) is 11.3 Å². The molecule has 0 saturated heterocycles. The first kappa shape index (κ1) is 20.2. The maximum atomic E-state index is 9.93. The van der Waals surface area contributed by atoms with Crippen molar-refractivity contribution in [3.63, 3.8) is 0 Å². The Labute approximate surface area is 144 Å². The highest BCUT2D eigenvalue weighted by Gasteiger charge is 2.17. The molecule has 130 valence electrons. The maximum Gasteiger partial charge on any atom is 0.105 e. The fraction of sp³-hybridized carbons (Fsp3) is 0.684. The van der Waals surface area contributed by atoms with Gasteiger partial charge in [0.1, 0.15) is 6.10 Å². The molecule has 23 heavy (non-hydrogen) atoms. The minimum Gasteiger partial charge on any atom is -0.395 e. The molecule has 0 saturated carbocycles. The SMILES string of the molecule is CCCCCCCCCCC#Cc1ccc(C(O)C(N)CO)s1. The summed E-state index contributed by atoms with van der Waals surface area (Å²) in [5.74, 6) is 6.36. The second kappa shape index (κ2) is 12.5. The minimum absolute atomic E-state index is 0.224. The summed E-state index contributed by atoms with van der Waals surface area (Å²) in [5, 5.41) is 18.9. The highest BCUT2D eigenvalue weighted by Crippen LogP contribution is 2.24. The molecule has 2 unspecified atom stereocenters. The van der Waals surface area contributed by atoms with E-state index < -0.39 is 12.1 Å². The van der Waals surface area contributed by atoms with Gasteiger partial charge in [-0.3, -0.25) is 0 Å². The lowest BCUT2D eigenvalue weighted by Crippen LogP contribution is -2.31. The van der Waals surface area contributed by atoms with Crippen molar-refractivity contribution < 1.29 is 10.2 Å². The highest BCUT2D eigenvalue weighted by molar-refractivity contribution is 7.12. The predicted molar refractivity (Wildman–Crippen MR) is 98.4 cm³/mol. The molecule has 1 aromatic heterocycles. The Morgan fingerprint density at radius 3 is 2.39 bits per heavy atom. The van der Waals surface area contributed by atoms with Crippen molar-refractivity contribution in [1.82, 2.24) is 0 Å². The molecule has 1 heterocycles. The molecule has 0 aliphatic heterocycles. The predicted octanol–water partition coefficient (Wildman–Crippen LogP) is 3.98. The van der Waals surface area contributed by atoms with E-state index in [0.29, 0.717) is 0 Å². The van der Waals surface area contributed by atoms with Crippen LogP contribution < -0.4 is 5.73 Å². The van der Waals surface area contributed by atoms with Gasteiger partial charge in [0.2, 0.25) is 0 Å². The third kappa shape index (κ3) is 8.53. The quantitative estimate of drug-likeness (QED) is 0.422. The zero-order valence-corrected chi connectivity index (χ0v) is 15.1. The van der Waals surface area contributed by atoms with Gasteiger partial charge in [0.05, 0.1) is 17.5 Å². The zero-order valence-electron chi connectivity index (χ0n) is 14.3. The molecule has 2 atom stereocenters. The number of aliphatic hydroxyl groups is 2. The lowest BCUT2D eigenvalue weighted by molar-refractivity contribution is 0.112. The molecular weight excluding hydrogens is 306 g/mol. The van der Waals surface area contributed by atoms with Gasteiger partial charge in [-0.2, -0.15) is 0 Å². The summed E-state index contributed by atoms with van der Waals surface area (Å²) < 4.78 is 0. The normalized spacial score (nSPS) is 13.4. The molecule has 0 radical (unpaired) electrons. The van der Waals surface area contributed by atoms with Crippen LogP contribution in [0.3, 0.4) is 0 Å². The summed E-state index contributed by atoms with van der Waals surface area (Å²) in [6, 6.07) is 3.12. The molecule has 0 spiro atoms. The summed E-state index contributed by atoms with van der Waals surface area (Å²) in [4.78, 5) is 1.71. The Morgan fingerprint density at radius 1 is 1.09 bits per heavy atom. The second-order valence-electron chi connectivity index (χ2n) is 6.02. The first-order valence-electron chi connectivity index (χ1n) is 8.82. The molecular formula is C19H31NO2S. The number of nitrogens with two attached hydrogens (primary N) is 1. The van der Waals surface area contributed by atoms with E-state index in [0.717, 1.165) is 22.6 Å². The Hall–Kier alpha value is -0.860. The van der Waals surface area contributed by atoms with Gasteiger partial charge < -0.3 is 15.9 Å². The van der Waals surface area contributed by atoms with Gasteiger partial charge in [-0.1, -0.05) is 63.7 Å². The smallest absolute Gasteiger partial charge is 0.105 e. The van der Waals surface area contributed by atoms with E-state index >= 15 is 0 Å². The molecule has 1 rings (SSSR count). The van der Waals surface area contributed by atoms with Crippen LogP contribution in [-0.4, -0.2) is 22.9 Å². The number of aliphatic hydroxyl groups excluding tert-OH is 2. The highest BCUT2D eigenvalue weighted by atomic mass is 32.1. The Bertz CT molecular complexity index is 475. The topological polar surface area (TPSA) is 66.5 Å². The fourth-order valence-electron chi connectivity index (χ4n) is 2.39. The van der Waals surface area contributed by atoms with E-state index in [1.807, 2.05) is 12.1 Å². The van der Waals surface area contributed by atoms with Crippen LogP contribution in [0.25, 0.3) is 0 Å². The van der Waals surface area contributed by atoms with Crippen LogP contribution in [0.2, 0.25) is 0 Å². The zero-order chi connectivity index (χ0) is 16.9. The summed E-state index contributed by atoms with van der Waals surface area (Å²) in [7, 11) is 0. The largest absolute Gasteiger partial charge is 0.395 e. The van der Waals surface area contributed by atoms with Gasteiger partial charge >= 0.3 is 0 Å². The molecule has 0 aliphatic rings. The maximum absolute atomic E-state index is 9.93. The van der Waals surface area contributed by atoms with Crippen molar-refractivity contribution in [2.24, 2.45) is 5.73 Å². The van der Waals surface area contributed by atoms with Gasteiger partial charge in [-0.05, 0) is 18.6 Å². The monoisotopic (exact) mass is 337 g/mol. The van der Waals surface area contributed by atoms with Crippen LogP contribution >= 0.6 is 11.3 Å². The van der Waals surface area contributed by atoms with E-state index in [1.165, 1.54) is 56.3 Å². The van der Waals surface area contributed by atoms with Gasteiger partial charge in [-0.25, -0.2) is 0 Å². The van der Waals surface area contributed by atoms with Gasteiger partial charge in [-0.15, -0.1) is 11.3 Å². The van der Waals surface area contributed by atoms with Gasteiger partial charge in [0.25, 0.3) is 0 Å². The average molecular weight is 338 g/mol. The molecule has 4 heteroatoms. The summed E-state index contributed by atoms with van der Waals surface area (Å²) in [6.45, 7) is 2.02. The van der Waals surface area contributed by atoms with E-state index in [-0.39, 0.29) is 6.61 Å². The molecule has 0 bridgehead atoms. The minimum atomic E-state index is -0.812. The van der Waals surface area contributed by atoms with Crippen LogP contribution in [0, 0.1) is 11.8 Å². The molecule has 0 aromatic carbocycles. The Balaban J connectivity index is 2.18. The van der Waals surface area contributed by atoms with Crippen molar-refractivity contribution in [3.05, 3.63) is 21.9 Å². The molecule has 0 aliphatic carbocycles. The molecule has 3 nitrogen and oxygen atoms in total. The Morgan fingerprint density at radius 2 is 1.74 bits per heavy atom. The van der Waals surface area contributed by atoms with Crippen LogP contribution in [0.15, 0.2) is 12.1 Å². The number of hydrogen-bond acceptors (Lipinski definition) is 4. The fourth-order valence-corrected chi connectivity index (χ4v) is 3.33. The van der Waals surface area contributed by atoms with Crippen LogP contribution in [0.5, 0.6) is 0 Å². The standard InChI is InChI=1S/C19H31NO2S/c1-2-3-4-5-6-7-8-9-10-11-12-16-13-14-18(23-16)19(22)17(20)15-21/h13-14,17,19,21-22H,2-10,15,20H2,1H3. The third-order valence-electron chi connectivity index (χ3n) is 3.90. The van der Waals surface area contributed by atoms with Gasteiger partial charge in [0.15, 0.2) is 0 Å². The lowest BCUT2D eigenvalue weighted by Gasteiger charge is -2.14. The van der Waals surface area contributed by atoms with Crippen molar-refractivity contribution in [2.45, 2.75) is 76.9 Å². The van der Waals surface area contributed by atoms with E-state index in [9.17, 15) is 5.11 Å². The van der Waals surface area contributed by atoms with Crippen molar-refractivity contribution >= 4 is 11.3 Å². The lowest BCUT2D eigenvalue weighted by atomic mass is 10.1. The molecule has 0 amide bonds. The van der Waals surface area contributed by atoms with Crippen molar-refractivity contribution in [1.29, 1.82) is 0 Å². The molecule has 0 fully saturated rings. The van der Waals surface area contributed by atoms with Crippen LogP contribution in [0.1, 0.15) is 80.6 Å². The second-order valence-corrected chi connectivity index (χ2v) is 7.14. The van der Waals surface area contributed by atoms with Crippen molar-refractivity contribution in [3.8, 4) is 11.8 Å². The number of hydrogen-bond donors (Lipinski definition) is 3. The van der Waals surface area contributed by atoms with E-state index in [2.05, 4.69) is 18.8 Å².